The molecule has 0 amide bonds. The summed E-state index contributed by atoms with van der Waals surface area (Å²) in [6, 6.07) is 18.5. The molecule has 0 saturated heterocycles. The maximum Gasteiger partial charge on any atom is 0.144 e. The monoisotopic (exact) mass is 318 g/mol. The molecule has 0 fully saturated rings. The molecule has 0 saturated carbocycles. The van der Waals surface area contributed by atoms with Crippen molar-refractivity contribution in [2.75, 3.05) is 7.11 Å². The molecule has 3 nitrogen and oxygen atoms in total. The van der Waals surface area contributed by atoms with Crippen LogP contribution in [0, 0.1) is 20.8 Å². The summed E-state index contributed by atoms with van der Waals surface area (Å²) in [4.78, 5) is 4.61. The van der Waals surface area contributed by atoms with Gasteiger partial charge in [0.1, 0.15) is 11.4 Å². The van der Waals surface area contributed by atoms with Gasteiger partial charge in [0, 0.05) is 28.9 Å². The third-order valence-electron chi connectivity index (χ3n) is 4.16. The molecule has 2 aromatic carbocycles. The minimum atomic E-state index is 0.779. The Bertz CT molecular complexity index is 891. The minimum absolute atomic E-state index is 0.779. The topological polar surface area (TPSA) is 26.5 Å². The van der Waals surface area contributed by atoms with Crippen LogP contribution in [0.5, 0.6) is 5.75 Å². The van der Waals surface area contributed by atoms with Crippen molar-refractivity contribution in [3.63, 3.8) is 0 Å². The molecule has 0 aliphatic rings. The number of aromatic nitrogens is 1. The number of methoxy groups -OCH3 is 1. The molecule has 0 aliphatic heterocycles. The van der Waals surface area contributed by atoms with E-state index in [0.29, 0.717) is 0 Å². The number of hydrogen-bond acceptors (Lipinski definition) is 2. The van der Waals surface area contributed by atoms with Crippen molar-refractivity contribution in [3.05, 3.63) is 77.1 Å². The molecular formula is C21H22N2O. The number of nitrogens with zero attached hydrogens (tertiary/aromatic N) is 2. The molecule has 3 rings (SSSR count). The van der Waals surface area contributed by atoms with Gasteiger partial charge in [-0.25, -0.2) is 0 Å². The Morgan fingerprint density at radius 1 is 0.958 bits per heavy atom. The Morgan fingerprint density at radius 2 is 1.75 bits per heavy atom. The van der Waals surface area contributed by atoms with Crippen LogP contribution in [-0.4, -0.2) is 17.9 Å². The highest BCUT2D eigenvalue weighted by atomic mass is 16.5. The maximum atomic E-state index is 5.36. The van der Waals surface area contributed by atoms with Gasteiger partial charge < -0.3 is 9.30 Å². The molecule has 24 heavy (non-hydrogen) atoms. The number of aliphatic imine (C=N–C) groups is 1. The molecule has 3 aromatic rings. The lowest BCUT2D eigenvalue weighted by molar-refractivity contribution is 0.416. The fraction of sp³-hybridized carbons (Fsp3) is 0.190. The van der Waals surface area contributed by atoms with Crippen LogP contribution in [0.15, 0.2) is 59.6 Å². The van der Waals surface area contributed by atoms with E-state index in [0.717, 1.165) is 17.0 Å². The molecule has 0 radical (unpaired) electrons. The molecule has 0 aliphatic carbocycles. The first-order valence-electron chi connectivity index (χ1n) is 8.03. The van der Waals surface area contributed by atoms with E-state index >= 15 is 0 Å². The Labute approximate surface area is 143 Å². The predicted octanol–water partition coefficient (Wildman–Crippen LogP) is 5.16. The van der Waals surface area contributed by atoms with Crippen molar-refractivity contribution in [2.45, 2.75) is 20.8 Å². The van der Waals surface area contributed by atoms with E-state index in [-0.39, 0.29) is 0 Å². The van der Waals surface area contributed by atoms with Gasteiger partial charge in [0.2, 0.25) is 0 Å². The van der Waals surface area contributed by atoms with Crippen LogP contribution in [-0.2, 0) is 0 Å². The third kappa shape index (κ3) is 3.11. The summed E-state index contributed by atoms with van der Waals surface area (Å²) in [5, 5.41) is 0. The van der Waals surface area contributed by atoms with Crippen LogP contribution >= 0.6 is 0 Å². The molecule has 1 aromatic heterocycles. The largest absolute Gasteiger partial charge is 0.494 e. The normalized spacial score (nSPS) is 11.2. The summed E-state index contributed by atoms with van der Waals surface area (Å²) in [6.45, 7) is 6.36. The van der Waals surface area contributed by atoms with E-state index in [9.17, 15) is 0 Å². The van der Waals surface area contributed by atoms with Crippen LogP contribution in [0.3, 0.4) is 0 Å². The van der Waals surface area contributed by atoms with Crippen LogP contribution in [0.25, 0.3) is 5.69 Å². The van der Waals surface area contributed by atoms with Crippen molar-refractivity contribution >= 4 is 11.9 Å². The van der Waals surface area contributed by atoms with Crippen molar-refractivity contribution in [3.8, 4) is 11.4 Å². The summed E-state index contributed by atoms with van der Waals surface area (Å²) in [6.07, 6.45) is 1.91. The van der Waals surface area contributed by atoms with Gasteiger partial charge in [0.05, 0.1) is 7.11 Å². The summed E-state index contributed by atoms with van der Waals surface area (Å²) in [5.41, 5.74) is 6.75. The highest BCUT2D eigenvalue weighted by Crippen LogP contribution is 2.27. The standard InChI is InChI=1S/C21H22N2O/c1-15-8-7-9-19(12-15)23-16(2)13-18(17(23)3)14-22-20-10-5-6-11-21(20)24-4/h5-14H,1-4H3. The van der Waals surface area contributed by atoms with Gasteiger partial charge in [-0.05, 0) is 56.7 Å². The molecule has 0 unspecified atom stereocenters. The number of benzene rings is 2. The summed E-state index contributed by atoms with van der Waals surface area (Å²) in [7, 11) is 1.66. The van der Waals surface area contributed by atoms with E-state index in [1.165, 1.54) is 22.6 Å². The average Bonchev–Trinajstić information content (AvgIpc) is 2.87. The molecule has 0 spiro atoms. The highest BCUT2D eigenvalue weighted by molar-refractivity contribution is 5.85. The van der Waals surface area contributed by atoms with Gasteiger partial charge in [-0.15, -0.1) is 0 Å². The van der Waals surface area contributed by atoms with Gasteiger partial charge in [0.25, 0.3) is 0 Å². The van der Waals surface area contributed by atoms with Gasteiger partial charge in [-0.2, -0.15) is 0 Å². The molecule has 0 N–H and O–H groups in total. The van der Waals surface area contributed by atoms with E-state index in [4.69, 9.17) is 4.74 Å². The second-order valence-corrected chi connectivity index (χ2v) is 5.93. The lowest BCUT2D eigenvalue weighted by Crippen LogP contribution is -1.99. The zero-order valence-corrected chi connectivity index (χ0v) is 14.6. The smallest absolute Gasteiger partial charge is 0.144 e. The van der Waals surface area contributed by atoms with Gasteiger partial charge in [-0.3, -0.25) is 4.99 Å². The summed E-state index contributed by atoms with van der Waals surface area (Å²) >= 11 is 0. The highest BCUT2D eigenvalue weighted by Gasteiger charge is 2.09. The Hall–Kier alpha value is -2.81. The lowest BCUT2D eigenvalue weighted by Gasteiger charge is -2.10. The Balaban J connectivity index is 1.99. The minimum Gasteiger partial charge on any atom is -0.494 e. The van der Waals surface area contributed by atoms with Crippen molar-refractivity contribution in [1.82, 2.24) is 4.57 Å². The molecule has 0 bridgehead atoms. The second-order valence-electron chi connectivity index (χ2n) is 5.93. The molecule has 0 atom stereocenters. The average molecular weight is 318 g/mol. The van der Waals surface area contributed by atoms with E-state index in [1.807, 2.05) is 30.5 Å². The zero-order chi connectivity index (χ0) is 17.1. The summed E-state index contributed by atoms with van der Waals surface area (Å²) in [5.74, 6) is 0.779. The van der Waals surface area contributed by atoms with Gasteiger partial charge in [0.15, 0.2) is 0 Å². The first-order chi connectivity index (χ1) is 11.6. The lowest BCUT2D eigenvalue weighted by atomic mass is 10.2. The Morgan fingerprint density at radius 3 is 2.50 bits per heavy atom. The van der Waals surface area contributed by atoms with Crippen LogP contribution < -0.4 is 4.74 Å². The fourth-order valence-electron chi connectivity index (χ4n) is 2.96. The number of aryl methyl sites for hydroxylation is 2. The quantitative estimate of drug-likeness (QED) is 0.610. The second kappa shape index (κ2) is 6.75. The molecular weight excluding hydrogens is 296 g/mol. The van der Waals surface area contributed by atoms with E-state index in [1.54, 1.807) is 7.11 Å². The van der Waals surface area contributed by atoms with Crippen LogP contribution in [0.2, 0.25) is 0 Å². The Kier molecular flexibility index (Phi) is 4.52. The SMILES string of the molecule is COc1ccccc1N=Cc1cc(C)n(-c2cccc(C)c2)c1C. The number of hydrogen-bond donors (Lipinski definition) is 0. The first-order valence-corrected chi connectivity index (χ1v) is 8.03. The van der Waals surface area contributed by atoms with Crippen LogP contribution in [0.1, 0.15) is 22.5 Å². The number of ether oxygens (including phenoxy) is 1. The third-order valence-corrected chi connectivity index (χ3v) is 4.16. The molecule has 3 heteroatoms. The first kappa shape index (κ1) is 16.1. The van der Waals surface area contributed by atoms with E-state index < -0.39 is 0 Å². The van der Waals surface area contributed by atoms with Crippen molar-refractivity contribution in [2.24, 2.45) is 4.99 Å². The molecule has 122 valence electrons. The van der Waals surface area contributed by atoms with Gasteiger partial charge in [-0.1, -0.05) is 24.3 Å². The molecule has 1 heterocycles. The van der Waals surface area contributed by atoms with Crippen LogP contribution in [0.4, 0.5) is 5.69 Å². The van der Waals surface area contributed by atoms with E-state index in [2.05, 4.69) is 60.7 Å². The van der Waals surface area contributed by atoms with Crippen molar-refractivity contribution in [1.29, 1.82) is 0 Å². The zero-order valence-electron chi connectivity index (χ0n) is 14.6. The number of para-hydroxylation sites is 2. The fourth-order valence-corrected chi connectivity index (χ4v) is 2.96. The number of rotatable bonds is 4. The van der Waals surface area contributed by atoms with Crippen molar-refractivity contribution < 1.29 is 4.74 Å². The summed E-state index contributed by atoms with van der Waals surface area (Å²) < 4.78 is 7.62. The predicted molar refractivity (Wildman–Crippen MR) is 100 cm³/mol. The maximum absolute atomic E-state index is 5.36. The van der Waals surface area contributed by atoms with Gasteiger partial charge >= 0.3 is 0 Å².